The summed E-state index contributed by atoms with van der Waals surface area (Å²) in [5.74, 6) is -0.593. The van der Waals surface area contributed by atoms with E-state index < -0.39 is 11.6 Å². The molecule has 1 aromatic carbocycles. The van der Waals surface area contributed by atoms with Gasteiger partial charge in [0.2, 0.25) is 0 Å². The van der Waals surface area contributed by atoms with Gasteiger partial charge in [-0.1, -0.05) is 13.8 Å². The average Bonchev–Trinajstić information content (AvgIpc) is 2.47. The molecule has 0 saturated carbocycles. The quantitative estimate of drug-likeness (QED) is 0.893. The molecule has 6 heteroatoms. The summed E-state index contributed by atoms with van der Waals surface area (Å²) >= 11 is 0. The minimum atomic E-state index is -0.568. The largest absolute Gasteiger partial charge is 0.494 e. The Morgan fingerprint density at radius 1 is 1.23 bits per heavy atom. The van der Waals surface area contributed by atoms with Gasteiger partial charge in [-0.05, 0) is 24.5 Å². The van der Waals surface area contributed by atoms with Gasteiger partial charge >= 0.3 is 0 Å². The van der Waals surface area contributed by atoms with Crippen molar-refractivity contribution < 1.29 is 13.5 Å². The molecule has 22 heavy (non-hydrogen) atoms. The number of ether oxygens (including phenoxy) is 1. The minimum Gasteiger partial charge on any atom is -0.494 e. The number of methoxy groups -OCH3 is 1. The highest BCUT2D eigenvalue weighted by molar-refractivity contribution is 5.85. The molecule has 0 aromatic heterocycles. The van der Waals surface area contributed by atoms with E-state index in [0.29, 0.717) is 5.92 Å². The van der Waals surface area contributed by atoms with Crippen molar-refractivity contribution in [2.75, 3.05) is 33.3 Å². The van der Waals surface area contributed by atoms with Crippen LogP contribution in [0.4, 0.5) is 8.78 Å². The number of piperazine rings is 1. The molecule has 1 aliphatic rings. The first kappa shape index (κ1) is 19.1. The molecule has 1 saturated heterocycles. The van der Waals surface area contributed by atoms with Gasteiger partial charge in [-0.3, -0.25) is 4.90 Å². The van der Waals surface area contributed by atoms with Crippen LogP contribution in [0, 0.1) is 17.6 Å². The van der Waals surface area contributed by atoms with Crippen molar-refractivity contribution in [1.82, 2.24) is 10.2 Å². The Labute approximate surface area is 137 Å². The van der Waals surface area contributed by atoms with Crippen LogP contribution in [0.1, 0.15) is 31.9 Å². The van der Waals surface area contributed by atoms with Crippen molar-refractivity contribution in [3.63, 3.8) is 0 Å². The van der Waals surface area contributed by atoms with E-state index >= 15 is 0 Å². The van der Waals surface area contributed by atoms with Crippen LogP contribution in [-0.2, 0) is 0 Å². The number of nitrogens with zero attached hydrogens (tertiary/aromatic N) is 1. The second-order valence-corrected chi connectivity index (χ2v) is 5.91. The van der Waals surface area contributed by atoms with Gasteiger partial charge in [-0.2, -0.15) is 0 Å². The topological polar surface area (TPSA) is 24.5 Å². The summed E-state index contributed by atoms with van der Waals surface area (Å²) in [7, 11) is 1.41. The molecule has 1 fully saturated rings. The minimum absolute atomic E-state index is 0. The molecule has 1 aromatic rings. The maximum Gasteiger partial charge on any atom is 0.172 e. The molecule has 1 aliphatic heterocycles. The van der Waals surface area contributed by atoms with Crippen LogP contribution in [0.2, 0.25) is 0 Å². The number of hydrogen-bond donors (Lipinski definition) is 1. The molecule has 0 amide bonds. The Bertz CT molecular complexity index is 479. The fourth-order valence-corrected chi connectivity index (χ4v) is 2.90. The third-order valence-electron chi connectivity index (χ3n) is 3.93. The van der Waals surface area contributed by atoms with Gasteiger partial charge in [0.15, 0.2) is 11.6 Å². The highest BCUT2D eigenvalue weighted by atomic mass is 35.5. The number of hydrogen-bond acceptors (Lipinski definition) is 3. The Morgan fingerprint density at radius 2 is 1.86 bits per heavy atom. The van der Waals surface area contributed by atoms with E-state index in [1.165, 1.54) is 19.2 Å². The lowest BCUT2D eigenvalue weighted by Crippen LogP contribution is -2.45. The smallest absolute Gasteiger partial charge is 0.172 e. The zero-order valence-corrected chi connectivity index (χ0v) is 14.2. The SMILES string of the molecule is COc1ccc(F)c([C@H](CC(C)C)N2CCNCC2)c1F.Cl. The molecular weight excluding hydrogens is 310 g/mol. The first-order valence-electron chi connectivity index (χ1n) is 7.51. The fraction of sp³-hybridized carbons (Fsp3) is 0.625. The molecule has 1 heterocycles. The van der Waals surface area contributed by atoms with E-state index in [1.54, 1.807) is 0 Å². The Kier molecular flexibility index (Phi) is 7.53. The van der Waals surface area contributed by atoms with Crippen LogP contribution >= 0.6 is 12.4 Å². The number of halogens is 3. The van der Waals surface area contributed by atoms with E-state index in [0.717, 1.165) is 32.6 Å². The van der Waals surface area contributed by atoms with Gasteiger partial charge in [0.25, 0.3) is 0 Å². The van der Waals surface area contributed by atoms with E-state index in [9.17, 15) is 8.78 Å². The lowest BCUT2D eigenvalue weighted by molar-refractivity contribution is 0.147. The first-order chi connectivity index (χ1) is 10.0. The van der Waals surface area contributed by atoms with Gasteiger partial charge < -0.3 is 10.1 Å². The van der Waals surface area contributed by atoms with Gasteiger partial charge in [-0.25, -0.2) is 8.78 Å². The maximum atomic E-state index is 14.6. The highest BCUT2D eigenvalue weighted by Gasteiger charge is 2.29. The van der Waals surface area contributed by atoms with Crippen molar-refractivity contribution in [1.29, 1.82) is 0 Å². The van der Waals surface area contributed by atoms with Crippen LogP contribution in [-0.4, -0.2) is 38.2 Å². The lowest BCUT2D eigenvalue weighted by Gasteiger charge is -2.36. The predicted molar refractivity (Wildman–Crippen MR) is 86.8 cm³/mol. The van der Waals surface area contributed by atoms with Crippen LogP contribution in [0.15, 0.2) is 12.1 Å². The summed E-state index contributed by atoms with van der Waals surface area (Å²) in [5, 5.41) is 3.27. The molecule has 1 atom stereocenters. The molecule has 0 spiro atoms. The van der Waals surface area contributed by atoms with E-state index in [1.807, 2.05) is 0 Å². The summed E-state index contributed by atoms with van der Waals surface area (Å²) < 4.78 is 33.9. The van der Waals surface area contributed by atoms with E-state index in [2.05, 4.69) is 24.1 Å². The molecule has 0 unspecified atom stereocenters. The molecule has 0 bridgehead atoms. The van der Waals surface area contributed by atoms with Crippen molar-refractivity contribution in [3.05, 3.63) is 29.3 Å². The van der Waals surface area contributed by atoms with Gasteiger partial charge in [0.1, 0.15) is 5.82 Å². The van der Waals surface area contributed by atoms with Crippen molar-refractivity contribution in [2.45, 2.75) is 26.3 Å². The molecular formula is C16H25ClF2N2O. The molecule has 3 nitrogen and oxygen atoms in total. The Morgan fingerprint density at radius 3 is 2.41 bits per heavy atom. The molecule has 0 aliphatic carbocycles. The van der Waals surface area contributed by atoms with E-state index in [-0.39, 0.29) is 29.8 Å². The maximum absolute atomic E-state index is 14.6. The normalized spacial score (nSPS) is 17.2. The number of nitrogens with one attached hydrogen (secondary N) is 1. The van der Waals surface area contributed by atoms with Crippen LogP contribution in [0.5, 0.6) is 5.75 Å². The molecule has 2 rings (SSSR count). The van der Waals surface area contributed by atoms with Crippen molar-refractivity contribution >= 4 is 12.4 Å². The molecule has 126 valence electrons. The second kappa shape index (κ2) is 8.65. The summed E-state index contributed by atoms with van der Waals surface area (Å²) in [4.78, 5) is 2.16. The van der Waals surface area contributed by atoms with Gasteiger partial charge in [0.05, 0.1) is 7.11 Å². The van der Waals surface area contributed by atoms with Crippen LogP contribution in [0.3, 0.4) is 0 Å². The third-order valence-corrected chi connectivity index (χ3v) is 3.93. The number of rotatable bonds is 5. The Balaban J connectivity index is 0.00000242. The van der Waals surface area contributed by atoms with E-state index in [4.69, 9.17) is 4.74 Å². The predicted octanol–water partition coefficient (Wildman–Crippen LogP) is 3.39. The zero-order valence-electron chi connectivity index (χ0n) is 13.4. The summed E-state index contributed by atoms with van der Waals surface area (Å²) in [6.45, 7) is 7.45. The fourth-order valence-electron chi connectivity index (χ4n) is 2.90. The highest BCUT2D eigenvalue weighted by Crippen LogP contribution is 2.35. The molecule has 0 radical (unpaired) electrons. The molecule has 1 N–H and O–H groups in total. The number of benzene rings is 1. The van der Waals surface area contributed by atoms with Crippen molar-refractivity contribution in [2.24, 2.45) is 5.92 Å². The Hall–Kier alpha value is -0.910. The first-order valence-corrected chi connectivity index (χ1v) is 7.51. The van der Waals surface area contributed by atoms with Crippen molar-refractivity contribution in [3.8, 4) is 5.75 Å². The standard InChI is InChI=1S/C16H24F2N2O.ClH/c1-11(2)10-13(20-8-6-19-7-9-20)15-12(17)4-5-14(21-3)16(15)18;/h4-5,11,13,19H,6-10H2,1-3H3;1H/t13-;/m0./s1. The van der Waals surface area contributed by atoms with Gasteiger partial charge in [-0.15, -0.1) is 12.4 Å². The summed E-state index contributed by atoms with van der Waals surface area (Å²) in [5.41, 5.74) is 0.143. The zero-order chi connectivity index (χ0) is 15.4. The van der Waals surface area contributed by atoms with Crippen LogP contribution < -0.4 is 10.1 Å². The summed E-state index contributed by atoms with van der Waals surface area (Å²) in [6, 6.07) is 2.40. The lowest BCUT2D eigenvalue weighted by atomic mass is 9.94. The average molecular weight is 335 g/mol. The van der Waals surface area contributed by atoms with Crippen LogP contribution in [0.25, 0.3) is 0 Å². The third kappa shape index (κ3) is 4.31. The second-order valence-electron chi connectivity index (χ2n) is 5.91. The van der Waals surface area contributed by atoms with Gasteiger partial charge in [0, 0.05) is 37.8 Å². The summed E-state index contributed by atoms with van der Waals surface area (Å²) in [6.07, 6.45) is 0.723. The monoisotopic (exact) mass is 334 g/mol.